The third kappa shape index (κ3) is 5.04. The third-order valence-corrected chi connectivity index (χ3v) is 3.77. The van der Waals surface area contributed by atoms with E-state index in [-0.39, 0.29) is 0 Å². The van der Waals surface area contributed by atoms with Crippen molar-refractivity contribution in [2.45, 2.75) is 45.7 Å². The molecule has 0 bridgehead atoms. The van der Waals surface area contributed by atoms with Crippen LogP contribution in [0.4, 0.5) is 0 Å². The van der Waals surface area contributed by atoms with Crippen molar-refractivity contribution >= 4 is 11.8 Å². The quantitative estimate of drug-likeness (QED) is 0.461. The molecular weight excluding hydrogens is 230 g/mol. The van der Waals surface area contributed by atoms with Crippen LogP contribution in [0.15, 0.2) is 5.16 Å². The van der Waals surface area contributed by atoms with E-state index in [1.165, 1.54) is 18.4 Å². The molecule has 0 aliphatic carbocycles. The van der Waals surface area contributed by atoms with Crippen molar-refractivity contribution in [3.63, 3.8) is 0 Å². The Kier molecular flexibility index (Phi) is 6.52. The number of unbranched alkanes of at least 4 members (excludes halogenated alkanes) is 1. The Morgan fingerprint density at radius 2 is 1.71 bits per heavy atom. The minimum absolute atomic E-state index is 0.925. The van der Waals surface area contributed by atoms with Crippen LogP contribution < -0.4 is 5.32 Å². The van der Waals surface area contributed by atoms with Gasteiger partial charge >= 0.3 is 0 Å². The van der Waals surface area contributed by atoms with Gasteiger partial charge in [-0.25, -0.2) is 9.97 Å². The van der Waals surface area contributed by atoms with E-state index in [2.05, 4.69) is 43.0 Å². The monoisotopic (exact) mass is 253 g/mol. The van der Waals surface area contributed by atoms with E-state index in [4.69, 9.17) is 0 Å². The number of hydrogen-bond donors (Lipinski definition) is 1. The summed E-state index contributed by atoms with van der Waals surface area (Å²) in [7, 11) is 0. The molecule has 3 nitrogen and oxygen atoms in total. The fourth-order valence-corrected chi connectivity index (χ4v) is 2.43. The first kappa shape index (κ1) is 14.5. The highest BCUT2D eigenvalue weighted by Gasteiger charge is 2.04. The highest BCUT2D eigenvalue weighted by molar-refractivity contribution is 7.99. The molecule has 1 aromatic rings. The van der Waals surface area contributed by atoms with Gasteiger partial charge in [0.2, 0.25) is 0 Å². The van der Waals surface area contributed by atoms with Gasteiger partial charge in [0, 0.05) is 17.1 Å². The van der Waals surface area contributed by atoms with Gasteiger partial charge < -0.3 is 5.32 Å². The zero-order chi connectivity index (χ0) is 12.7. The minimum Gasteiger partial charge on any atom is -0.317 e. The summed E-state index contributed by atoms with van der Waals surface area (Å²) in [4.78, 5) is 9.01. The van der Waals surface area contributed by atoms with Crippen molar-refractivity contribution in [2.75, 3.05) is 18.8 Å². The zero-order valence-corrected chi connectivity index (χ0v) is 12.2. The van der Waals surface area contributed by atoms with E-state index >= 15 is 0 Å². The second-order valence-electron chi connectivity index (χ2n) is 4.21. The Hall–Kier alpha value is -0.610. The van der Waals surface area contributed by atoms with Crippen LogP contribution in [0.2, 0.25) is 0 Å². The number of aromatic nitrogens is 2. The fraction of sp³-hybridized carbons (Fsp3) is 0.692. The van der Waals surface area contributed by atoms with Crippen LogP contribution in [0, 0.1) is 20.8 Å². The Morgan fingerprint density at radius 3 is 2.29 bits per heavy atom. The SMILES string of the molecule is CCNCCCCSc1nc(C)c(C)c(C)n1. The summed E-state index contributed by atoms with van der Waals surface area (Å²) in [5.74, 6) is 1.10. The second kappa shape index (κ2) is 7.67. The molecule has 0 atom stereocenters. The van der Waals surface area contributed by atoms with Crippen LogP contribution in [-0.4, -0.2) is 28.8 Å². The first-order valence-corrected chi connectivity index (χ1v) is 7.29. The Labute approximate surface area is 109 Å². The standard InChI is InChI=1S/C13H23N3S/c1-5-14-8-6-7-9-17-13-15-11(3)10(2)12(4)16-13/h14H,5-9H2,1-4H3. The molecule has 0 aliphatic rings. The number of hydrogen-bond acceptors (Lipinski definition) is 4. The zero-order valence-electron chi connectivity index (χ0n) is 11.3. The predicted octanol–water partition coefficient (Wildman–Crippen LogP) is 2.88. The van der Waals surface area contributed by atoms with Gasteiger partial charge in [0.05, 0.1) is 0 Å². The van der Waals surface area contributed by atoms with E-state index in [9.17, 15) is 0 Å². The van der Waals surface area contributed by atoms with Crippen molar-refractivity contribution < 1.29 is 0 Å². The third-order valence-electron chi connectivity index (χ3n) is 2.84. The molecule has 96 valence electrons. The second-order valence-corrected chi connectivity index (χ2v) is 5.27. The molecule has 4 heteroatoms. The molecule has 1 heterocycles. The lowest BCUT2D eigenvalue weighted by molar-refractivity contribution is 0.665. The van der Waals surface area contributed by atoms with Crippen LogP contribution in [0.5, 0.6) is 0 Å². The molecule has 0 fully saturated rings. The highest BCUT2D eigenvalue weighted by atomic mass is 32.2. The maximum absolute atomic E-state index is 4.50. The number of nitrogens with one attached hydrogen (secondary N) is 1. The molecule has 0 saturated carbocycles. The molecule has 0 spiro atoms. The van der Waals surface area contributed by atoms with Crippen molar-refractivity contribution in [3.05, 3.63) is 17.0 Å². The molecular formula is C13H23N3S. The Balaban J connectivity index is 2.32. The average molecular weight is 253 g/mol. The fourth-order valence-electron chi connectivity index (χ4n) is 1.50. The van der Waals surface area contributed by atoms with Crippen LogP contribution in [0.1, 0.15) is 36.7 Å². The van der Waals surface area contributed by atoms with Gasteiger partial charge in [-0.2, -0.15) is 0 Å². The maximum atomic E-state index is 4.50. The number of thioether (sulfide) groups is 1. The van der Waals surface area contributed by atoms with Crippen molar-refractivity contribution in [2.24, 2.45) is 0 Å². The van der Waals surface area contributed by atoms with Gasteiger partial charge in [-0.3, -0.25) is 0 Å². The molecule has 1 rings (SSSR count). The van der Waals surface area contributed by atoms with Gasteiger partial charge in [-0.05, 0) is 52.3 Å². The smallest absolute Gasteiger partial charge is 0.187 e. The van der Waals surface area contributed by atoms with Crippen LogP contribution in [-0.2, 0) is 0 Å². The molecule has 0 amide bonds. The van der Waals surface area contributed by atoms with E-state index in [1.54, 1.807) is 11.8 Å². The van der Waals surface area contributed by atoms with Crippen molar-refractivity contribution in [1.82, 2.24) is 15.3 Å². The molecule has 0 unspecified atom stereocenters. The maximum Gasteiger partial charge on any atom is 0.187 e. The summed E-state index contributed by atoms with van der Waals surface area (Å²) in [6.07, 6.45) is 2.44. The predicted molar refractivity (Wildman–Crippen MR) is 74.7 cm³/mol. The van der Waals surface area contributed by atoms with Gasteiger partial charge in [-0.1, -0.05) is 18.7 Å². The normalized spacial score (nSPS) is 10.8. The number of rotatable bonds is 7. The average Bonchev–Trinajstić information content (AvgIpc) is 2.30. The lowest BCUT2D eigenvalue weighted by Gasteiger charge is -2.06. The highest BCUT2D eigenvalue weighted by Crippen LogP contribution is 2.18. The summed E-state index contributed by atoms with van der Waals surface area (Å²) < 4.78 is 0. The molecule has 0 radical (unpaired) electrons. The molecule has 0 aromatic carbocycles. The molecule has 0 aliphatic heterocycles. The molecule has 17 heavy (non-hydrogen) atoms. The number of nitrogens with zero attached hydrogens (tertiary/aromatic N) is 2. The van der Waals surface area contributed by atoms with E-state index in [0.717, 1.165) is 35.4 Å². The topological polar surface area (TPSA) is 37.8 Å². The first-order chi connectivity index (χ1) is 8.15. The summed E-state index contributed by atoms with van der Waals surface area (Å²) in [5.41, 5.74) is 3.42. The first-order valence-electron chi connectivity index (χ1n) is 6.30. The Bertz CT molecular complexity index is 330. The molecule has 1 aromatic heterocycles. The van der Waals surface area contributed by atoms with Crippen molar-refractivity contribution in [1.29, 1.82) is 0 Å². The Morgan fingerprint density at radius 1 is 1.06 bits per heavy atom. The summed E-state index contributed by atoms with van der Waals surface area (Å²) >= 11 is 1.77. The van der Waals surface area contributed by atoms with E-state index in [1.807, 2.05) is 0 Å². The summed E-state index contributed by atoms with van der Waals surface area (Å²) in [6, 6.07) is 0. The number of aryl methyl sites for hydroxylation is 2. The summed E-state index contributed by atoms with van der Waals surface area (Å²) in [6.45, 7) is 10.5. The van der Waals surface area contributed by atoms with Crippen LogP contribution in [0.3, 0.4) is 0 Å². The van der Waals surface area contributed by atoms with Crippen LogP contribution in [0.25, 0.3) is 0 Å². The van der Waals surface area contributed by atoms with Gasteiger partial charge in [0.1, 0.15) is 0 Å². The van der Waals surface area contributed by atoms with Gasteiger partial charge in [0.25, 0.3) is 0 Å². The molecule has 1 N–H and O–H groups in total. The lowest BCUT2D eigenvalue weighted by Crippen LogP contribution is -2.13. The van der Waals surface area contributed by atoms with Crippen molar-refractivity contribution in [3.8, 4) is 0 Å². The van der Waals surface area contributed by atoms with E-state index < -0.39 is 0 Å². The summed E-state index contributed by atoms with van der Waals surface area (Å²) in [5, 5.41) is 4.26. The largest absolute Gasteiger partial charge is 0.317 e. The van der Waals surface area contributed by atoms with E-state index in [0.29, 0.717) is 0 Å². The van der Waals surface area contributed by atoms with Gasteiger partial charge in [-0.15, -0.1) is 0 Å². The van der Waals surface area contributed by atoms with Gasteiger partial charge in [0.15, 0.2) is 5.16 Å². The minimum atomic E-state index is 0.925. The lowest BCUT2D eigenvalue weighted by atomic mass is 10.2. The van der Waals surface area contributed by atoms with Crippen LogP contribution >= 0.6 is 11.8 Å². The molecule has 0 saturated heterocycles.